The molecule has 0 aliphatic carbocycles. The lowest BCUT2D eigenvalue weighted by Gasteiger charge is -2.03. The summed E-state index contributed by atoms with van der Waals surface area (Å²) in [4.78, 5) is 10.3. The zero-order valence-corrected chi connectivity index (χ0v) is 6.00. The maximum absolute atomic E-state index is 10.3. The summed E-state index contributed by atoms with van der Waals surface area (Å²) in [5.74, 6) is -0.338. The van der Waals surface area contributed by atoms with Crippen molar-refractivity contribution in [1.29, 1.82) is 5.26 Å². The number of rotatable bonds is 2. The number of hydrogen-bond donors (Lipinski definition) is 0. The molecule has 1 atom stereocenters. The molecule has 0 heterocycles. The Balaban J connectivity index is 3.66. The second-order valence-electron chi connectivity index (χ2n) is 1.80. The Labute approximate surface area is 59.9 Å². The van der Waals surface area contributed by atoms with E-state index in [1.54, 1.807) is 13.0 Å². The first-order valence-electron chi connectivity index (χ1n) is 2.90. The zero-order valence-electron chi connectivity index (χ0n) is 6.00. The standard InChI is InChI=1S/C7H9NO2/c1-6(4-3-5-8)10-7(2)9/h3-4,6H,1-2H3/b4-3-/t6-/m0/s1. The van der Waals surface area contributed by atoms with Crippen molar-refractivity contribution in [1.82, 2.24) is 0 Å². The molecule has 0 fully saturated rings. The Hall–Kier alpha value is -1.30. The van der Waals surface area contributed by atoms with Gasteiger partial charge in [0, 0.05) is 13.0 Å². The first-order valence-corrected chi connectivity index (χ1v) is 2.90. The van der Waals surface area contributed by atoms with Gasteiger partial charge < -0.3 is 4.74 Å². The molecule has 0 radical (unpaired) electrons. The molecule has 10 heavy (non-hydrogen) atoms. The number of nitriles is 1. The van der Waals surface area contributed by atoms with Gasteiger partial charge in [-0.3, -0.25) is 4.79 Å². The molecule has 0 saturated carbocycles. The highest BCUT2D eigenvalue weighted by molar-refractivity contribution is 5.66. The summed E-state index contributed by atoms with van der Waals surface area (Å²) >= 11 is 0. The monoisotopic (exact) mass is 139 g/mol. The van der Waals surface area contributed by atoms with E-state index < -0.39 is 0 Å². The molecule has 0 bridgehead atoms. The molecule has 0 aromatic carbocycles. The van der Waals surface area contributed by atoms with Gasteiger partial charge in [0.15, 0.2) is 0 Å². The molecule has 3 nitrogen and oxygen atoms in total. The molecule has 0 rings (SSSR count). The van der Waals surface area contributed by atoms with Crippen LogP contribution in [0.25, 0.3) is 0 Å². The number of esters is 1. The lowest BCUT2D eigenvalue weighted by Crippen LogP contribution is -2.08. The van der Waals surface area contributed by atoms with E-state index in [0.29, 0.717) is 0 Å². The molecule has 0 aromatic rings. The molecule has 0 N–H and O–H groups in total. The fourth-order valence-corrected chi connectivity index (χ4v) is 0.480. The van der Waals surface area contributed by atoms with Gasteiger partial charge in [0.1, 0.15) is 6.10 Å². The number of allylic oxidation sites excluding steroid dienone is 1. The quantitative estimate of drug-likeness (QED) is 0.424. The first-order chi connectivity index (χ1) is 4.66. The normalized spacial score (nSPS) is 12.5. The van der Waals surface area contributed by atoms with E-state index in [1.807, 2.05) is 0 Å². The lowest BCUT2D eigenvalue weighted by molar-refractivity contribution is -0.143. The van der Waals surface area contributed by atoms with Crippen LogP contribution < -0.4 is 0 Å². The summed E-state index contributed by atoms with van der Waals surface area (Å²) in [6, 6.07) is 1.80. The Morgan fingerprint density at radius 2 is 2.40 bits per heavy atom. The lowest BCUT2D eigenvalue weighted by atomic mass is 10.3. The van der Waals surface area contributed by atoms with Crippen molar-refractivity contribution < 1.29 is 9.53 Å². The third-order valence-electron chi connectivity index (χ3n) is 0.794. The van der Waals surface area contributed by atoms with Crippen molar-refractivity contribution in [2.45, 2.75) is 20.0 Å². The molecule has 0 aliphatic rings. The molecule has 3 heteroatoms. The molecule has 0 spiro atoms. The van der Waals surface area contributed by atoms with Gasteiger partial charge in [0.2, 0.25) is 0 Å². The van der Waals surface area contributed by atoms with Gasteiger partial charge in [-0.2, -0.15) is 5.26 Å². The van der Waals surface area contributed by atoms with Gasteiger partial charge in [-0.05, 0) is 13.0 Å². The summed E-state index contributed by atoms with van der Waals surface area (Å²) in [7, 11) is 0. The van der Waals surface area contributed by atoms with Crippen molar-refractivity contribution in [2.75, 3.05) is 0 Å². The minimum absolute atomic E-state index is 0.308. The molecule has 0 aliphatic heterocycles. The number of carbonyl (C=O) groups is 1. The van der Waals surface area contributed by atoms with Crippen molar-refractivity contribution in [2.24, 2.45) is 0 Å². The molecule has 54 valence electrons. The largest absolute Gasteiger partial charge is 0.459 e. The van der Waals surface area contributed by atoms with E-state index >= 15 is 0 Å². The van der Waals surface area contributed by atoms with Gasteiger partial charge in [-0.15, -0.1) is 0 Å². The molecular weight excluding hydrogens is 130 g/mol. The second-order valence-corrected chi connectivity index (χ2v) is 1.80. The van der Waals surface area contributed by atoms with Crippen molar-refractivity contribution in [3.05, 3.63) is 12.2 Å². The van der Waals surface area contributed by atoms with Gasteiger partial charge in [0.25, 0.3) is 0 Å². The molecule has 0 amide bonds. The van der Waals surface area contributed by atoms with Crippen molar-refractivity contribution in [3.63, 3.8) is 0 Å². The van der Waals surface area contributed by atoms with Gasteiger partial charge in [0.05, 0.1) is 6.07 Å². The third-order valence-corrected chi connectivity index (χ3v) is 0.794. The minimum Gasteiger partial charge on any atom is -0.459 e. The van der Waals surface area contributed by atoms with E-state index in [1.165, 1.54) is 19.1 Å². The molecule has 0 saturated heterocycles. The minimum atomic E-state index is -0.338. The molecule has 0 aromatic heterocycles. The first kappa shape index (κ1) is 8.70. The average molecular weight is 139 g/mol. The average Bonchev–Trinajstić information content (AvgIpc) is 1.82. The summed E-state index contributed by atoms with van der Waals surface area (Å²) < 4.78 is 4.68. The van der Waals surface area contributed by atoms with Gasteiger partial charge in [-0.25, -0.2) is 0 Å². The highest BCUT2D eigenvalue weighted by Gasteiger charge is 1.97. The Morgan fingerprint density at radius 3 is 2.80 bits per heavy atom. The number of hydrogen-bond acceptors (Lipinski definition) is 3. The Morgan fingerprint density at radius 1 is 1.80 bits per heavy atom. The predicted molar refractivity (Wildman–Crippen MR) is 36.0 cm³/mol. The van der Waals surface area contributed by atoms with E-state index in [-0.39, 0.29) is 12.1 Å². The fourth-order valence-electron chi connectivity index (χ4n) is 0.480. The van der Waals surface area contributed by atoms with Crippen LogP contribution in [-0.2, 0) is 9.53 Å². The van der Waals surface area contributed by atoms with E-state index in [4.69, 9.17) is 5.26 Å². The van der Waals surface area contributed by atoms with E-state index in [0.717, 1.165) is 0 Å². The van der Waals surface area contributed by atoms with Gasteiger partial charge in [-0.1, -0.05) is 0 Å². The van der Waals surface area contributed by atoms with Crippen LogP contribution in [0.1, 0.15) is 13.8 Å². The fraction of sp³-hybridized carbons (Fsp3) is 0.429. The summed E-state index contributed by atoms with van der Waals surface area (Å²) in [5, 5.41) is 8.07. The van der Waals surface area contributed by atoms with Crippen LogP contribution in [0.5, 0.6) is 0 Å². The summed E-state index contributed by atoms with van der Waals surface area (Å²) in [6.45, 7) is 3.02. The number of nitrogens with zero attached hydrogens (tertiary/aromatic N) is 1. The third kappa shape index (κ3) is 4.85. The van der Waals surface area contributed by atoms with Crippen LogP contribution in [0, 0.1) is 11.3 Å². The number of ether oxygens (including phenoxy) is 1. The summed E-state index contributed by atoms with van der Waals surface area (Å²) in [6.07, 6.45) is 2.49. The Kier molecular flexibility index (Phi) is 3.97. The van der Waals surface area contributed by atoms with Crippen LogP contribution in [0.4, 0.5) is 0 Å². The van der Waals surface area contributed by atoms with E-state index in [2.05, 4.69) is 4.74 Å². The zero-order chi connectivity index (χ0) is 7.98. The highest BCUT2D eigenvalue weighted by Crippen LogP contribution is 1.91. The molecule has 0 unspecified atom stereocenters. The topological polar surface area (TPSA) is 50.1 Å². The maximum atomic E-state index is 10.3. The van der Waals surface area contributed by atoms with Crippen LogP contribution in [0.3, 0.4) is 0 Å². The van der Waals surface area contributed by atoms with Crippen molar-refractivity contribution >= 4 is 5.97 Å². The van der Waals surface area contributed by atoms with E-state index in [9.17, 15) is 4.79 Å². The predicted octanol–water partition coefficient (Wildman–Crippen LogP) is 1.02. The van der Waals surface area contributed by atoms with Crippen LogP contribution in [-0.4, -0.2) is 12.1 Å². The Bertz CT molecular complexity index is 179. The van der Waals surface area contributed by atoms with Crippen LogP contribution in [0.2, 0.25) is 0 Å². The smallest absolute Gasteiger partial charge is 0.303 e. The maximum Gasteiger partial charge on any atom is 0.303 e. The SMILES string of the molecule is CC(=O)O[C@@H](C)/C=C\C#N. The number of carbonyl (C=O) groups excluding carboxylic acids is 1. The summed E-state index contributed by atoms with van der Waals surface area (Å²) in [5.41, 5.74) is 0. The van der Waals surface area contributed by atoms with Crippen molar-refractivity contribution in [3.8, 4) is 6.07 Å². The molecular formula is C7H9NO2. The van der Waals surface area contributed by atoms with Gasteiger partial charge >= 0.3 is 5.97 Å². The van der Waals surface area contributed by atoms with Crippen LogP contribution in [0.15, 0.2) is 12.2 Å². The highest BCUT2D eigenvalue weighted by atomic mass is 16.5. The second kappa shape index (κ2) is 4.57. The van der Waals surface area contributed by atoms with Crippen LogP contribution >= 0.6 is 0 Å².